The maximum absolute atomic E-state index is 4.36. The smallest absolute Gasteiger partial charge is 0.107 e. The first-order valence-electron chi connectivity index (χ1n) is 5.24. The summed E-state index contributed by atoms with van der Waals surface area (Å²) in [7, 11) is 0. The lowest BCUT2D eigenvalue weighted by Gasteiger charge is -2.30. The van der Waals surface area contributed by atoms with E-state index in [9.17, 15) is 0 Å². The second-order valence-corrected chi connectivity index (χ2v) is 5.04. The Kier molecular flexibility index (Phi) is 2.14. The lowest BCUT2D eigenvalue weighted by atomic mass is 10.1. The van der Waals surface area contributed by atoms with Crippen LogP contribution < -0.4 is 0 Å². The lowest BCUT2D eigenvalue weighted by Crippen LogP contribution is -2.36. The van der Waals surface area contributed by atoms with Crippen LogP contribution in [-0.2, 0) is 6.54 Å². The predicted octanol–water partition coefficient (Wildman–Crippen LogP) is 2.44. The summed E-state index contributed by atoms with van der Waals surface area (Å²) in [4.78, 5) is 6.97. The molecule has 2 aliphatic rings. The maximum atomic E-state index is 4.36. The molecule has 0 aliphatic carbocycles. The molecule has 0 N–H and O–H groups in total. The summed E-state index contributed by atoms with van der Waals surface area (Å²) in [5.74, 6) is 0. The van der Waals surface area contributed by atoms with E-state index in [0.29, 0.717) is 6.04 Å². The minimum absolute atomic E-state index is 0.692. The fraction of sp³-hybridized carbons (Fsp3) is 0.545. The molecule has 3 heteroatoms. The van der Waals surface area contributed by atoms with Crippen molar-refractivity contribution < 1.29 is 0 Å². The van der Waals surface area contributed by atoms with Crippen LogP contribution in [0.25, 0.3) is 0 Å². The molecule has 0 spiro atoms. The van der Waals surface area contributed by atoms with Crippen molar-refractivity contribution in [1.29, 1.82) is 0 Å². The molecule has 2 atom stereocenters. The van der Waals surface area contributed by atoms with Crippen LogP contribution in [-0.4, -0.2) is 22.0 Å². The van der Waals surface area contributed by atoms with Crippen molar-refractivity contribution in [2.75, 3.05) is 0 Å². The highest BCUT2D eigenvalue weighted by molar-refractivity contribution is 7.09. The van der Waals surface area contributed by atoms with Gasteiger partial charge in [0.05, 0.1) is 6.54 Å². The minimum atomic E-state index is 0.692. The topological polar surface area (TPSA) is 16.1 Å². The Morgan fingerprint density at radius 3 is 3.29 bits per heavy atom. The van der Waals surface area contributed by atoms with Crippen LogP contribution in [0.15, 0.2) is 23.7 Å². The van der Waals surface area contributed by atoms with Crippen LogP contribution in [0.5, 0.6) is 0 Å². The van der Waals surface area contributed by atoms with Crippen molar-refractivity contribution in [2.24, 2.45) is 0 Å². The third-order valence-electron chi connectivity index (χ3n) is 3.26. The Hall–Kier alpha value is -0.670. The van der Waals surface area contributed by atoms with E-state index in [1.54, 1.807) is 11.3 Å². The number of fused-ring (bicyclic) bond motifs is 2. The van der Waals surface area contributed by atoms with Crippen molar-refractivity contribution >= 4 is 11.3 Å². The number of aromatic nitrogens is 1. The van der Waals surface area contributed by atoms with Gasteiger partial charge in [0.2, 0.25) is 0 Å². The summed E-state index contributed by atoms with van der Waals surface area (Å²) in [5, 5.41) is 3.33. The molecule has 1 aromatic rings. The zero-order chi connectivity index (χ0) is 9.38. The van der Waals surface area contributed by atoms with Crippen molar-refractivity contribution in [2.45, 2.75) is 37.9 Å². The summed E-state index contributed by atoms with van der Waals surface area (Å²) in [6, 6.07) is 1.48. The van der Waals surface area contributed by atoms with Gasteiger partial charge in [0, 0.05) is 23.7 Å². The zero-order valence-electron chi connectivity index (χ0n) is 8.10. The average molecular weight is 206 g/mol. The van der Waals surface area contributed by atoms with Crippen molar-refractivity contribution in [3.8, 4) is 0 Å². The molecule has 0 amide bonds. The standard InChI is InChI=1S/C11H14N2S/c1-2-9-4-5-10(3-1)13(9)8-11-12-6-7-14-11/h1-2,6-7,9-10H,3-5,8H2. The van der Waals surface area contributed by atoms with E-state index in [0.717, 1.165) is 12.6 Å². The first-order chi connectivity index (χ1) is 6.93. The molecule has 0 radical (unpaired) electrons. The second kappa shape index (κ2) is 3.48. The second-order valence-electron chi connectivity index (χ2n) is 4.06. The van der Waals surface area contributed by atoms with Crippen molar-refractivity contribution in [1.82, 2.24) is 9.88 Å². The summed E-state index contributed by atoms with van der Waals surface area (Å²) >= 11 is 1.77. The van der Waals surface area contributed by atoms with Crippen LogP contribution in [0.1, 0.15) is 24.3 Å². The van der Waals surface area contributed by atoms with E-state index in [-0.39, 0.29) is 0 Å². The van der Waals surface area contributed by atoms with Gasteiger partial charge in [-0.1, -0.05) is 12.2 Å². The molecular weight excluding hydrogens is 192 g/mol. The van der Waals surface area contributed by atoms with E-state index in [1.165, 1.54) is 24.3 Å². The molecule has 2 aliphatic heterocycles. The number of rotatable bonds is 2. The number of hydrogen-bond donors (Lipinski definition) is 0. The van der Waals surface area contributed by atoms with Crippen molar-refractivity contribution in [3.05, 3.63) is 28.7 Å². The van der Waals surface area contributed by atoms with E-state index < -0.39 is 0 Å². The van der Waals surface area contributed by atoms with Crippen LogP contribution in [0, 0.1) is 0 Å². The Morgan fingerprint density at radius 2 is 2.50 bits per heavy atom. The van der Waals surface area contributed by atoms with Crippen LogP contribution in [0.3, 0.4) is 0 Å². The zero-order valence-corrected chi connectivity index (χ0v) is 8.91. The van der Waals surface area contributed by atoms with Gasteiger partial charge in [0.1, 0.15) is 5.01 Å². The molecule has 2 nitrogen and oxygen atoms in total. The molecule has 1 saturated heterocycles. The molecule has 3 heterocycles. The highest BCUT2D eigenvalue weighted by Crippen LogP contribution is 2.32. The monoisotopic (exact) mass is 206 g/mol. The van der Waals surface area contributed by atoms with E-state index in [2.05, 4.69) is 27.4 Å². The third-order valence-corrected chi connectivity index (χ3v) is 4.02. The molecule has 14 heavy (non-hydrogen) atoms. The molecule has 2 unspecified atom stereocenters. The minimum Gasteiger partial charge on any atom is -0.287 e. The lowest BCUT2D eigenvalue weighted by molar-refractivity contribution is 0.200. The SMILES string of the molecule is C1=CC2CCC(C1)N2Cc1nccs1. The fourth-order valence-corrected chi connectivity index (χ4v) is 3.18. The highest BCUT2D eigenvalue weighted by atomic mass is 32.1. The predicted molar refractivity (Wildman–Crippen MR) is 58.2 cm³/mol. The normalized spacial score (nSPS) is 31.1. The van der Waals surface area contributed by atoms with Crippen LogP contribution in [0.2, 0.25) is 0 Å². The Balaban J connectivity index is 1.77. The first kappa shape index (κ1) is 8.62. The quantitative estimate of drug-likeness (QED) is 0.691. The first-order valence-corrected chi connectivity index (χ1v) is 6.12. The summed E-state index contributed by atoms with van der Waals surface area (Å²) in [5.41, 5.74) is 0. The average Bonchev–Trinajstić information content (AvgIpc) is 2.75. The van der Waals surface area contributed by atoms with Gasteiger partial charge >= 0.3 is 0 Å². The van der Waals surface area contributed by atoms with Gasteiger partial charge in [-0.15, -0.1) is 11.3 Å². The summed E-state index contributed by atoms with van der Waals surface area (Å²) < 4.78 is 0. The number of hydrogen-bond acceptors (Lipinski definition) is 3. The molecule has 1 aromatic heterocycles. The van der Waals surface area contributed by atoms with Gasteiger partial charge in [-0.25, -0.2) is 4.98 Å². The number of nitrogens with zero attached hydrogens (tertiary/aromatic N) is 2. The van der Waals surface area contributed by atoms with E-state index in [1.807, 2.05) is 6.20 Å². The van der Waals surface area contributed by atoms with E-state index in [4.69, 9.17) is 0 Å². The Bertz CT molecular complexity index is 331. The van der Waals surface area contributed by atoms with Gasteiger partial charge in [-0.3, -0.25) is 4.90 Å². The van der Waals surface area contributed by atoms with E-state index >= 15 is 0 Å². The largest absolute Gasteiger partial charge is 0.287 e. The van der Waals surface area contributed by atoms with Gasteiger partial charge in [0.25, 0.3) is 0 Å². The molecule has 2 bridgehead atoms. The van der Waals surface area contributed by atoms with Gasteiger partial charge < -0.3 is 0 Å². The van der Waals surface area contributed by atoms with Crippen molar-refractivity contribution in [3.63, 3.8) is 0 Å². The maximum Gasteiger partial charge on any atom is 0.107 e. The van der Waals surface area contributed by atoms with Crippen LogP contribution in [0.4, 0.5) is 0 Å². The van der Waals surface area contributed by atoms with Gasteiger partial charge in [-0.2, -0.15) is 0 Å². The summed E-state index contributed by atoms with van der Waals surface area (Å²) in [6.07, 6.45) is 10.6. The molecule has 74 valence electrons. The molecule has 3 rings (SSSR count). The van der Waals surface area contributed by atoms with Crippen LogP contribution >= 0.6 is 11.3 Å². The summed E-state index contributed by atoms with van der Waals surface area (Å²) in [6.45, 7) is 1.05. The molecule has 0 saturated carbocycles. The molecule has 1 fully saturated rings. The Morgan fingerprint density at radius 1 is 1.50 bits per heavy atom. The molecule has 0 aromatic carbocycles. The number of thiazole rings is 1. The van der Waals surface area contributed by atoms with Gasteiger partial charge in [0.15, 0.2) is 0 Å². The third kappa shape index (κ3) is 1.41. The fourth-order valence-electron chi connectivity index (χ4n) is 2.55. The highest BCUT2D eigenvalue weighted by Gasteiger charge is 2.33. The Labute approximate surface area is 88.3 Å². The molecular formula is C11H14N2S. The van der Waals surface area contributed by atoms with Gasteiger partial charge in [-0.05, 0) is 19.3 Å².